The Labute approximate surface area is 256 Å². The van der Waals surface area contributed by atoms with Crippen LogP contribution < -0.4 is 19.6 Å². The number of fused-ring (bicyclic) bond motifs is 1. The highest BCUT2D eigenvalue weighted by atomic mass is 32.2. The van der Waals surface area contributed by atoms with Crippen LogP contribution in [0.1, 0.15) is 42.7 Å². The molecule has 0 aliphatic carbocycles. The third-order valence-electron chi connectivity index (χ3n) is 6.71. The number of nitrogens with zero attached hydrogens (tertiary/aromatic N) is 3. The highest BCUT2D eigenvalue weighted by Gasteiger charge is 2.37. The van der Waals surface area contributed by atoms with Crippen molar-refractivity contribution in [2.75, 3.05) is 32.8 Å². The lowest BCUT2D eigenvalue weighted by Gasteiger charge is -2.12. The lowest BCUT2D eigenvalue weighted by atomic mass is 10.1. The first-order chi connectivity index (χ1) is 21.0. The minimum atomic E-state index is -4.23. The van der Waals surface area contributed by atoms with Gasteiger partial charge in [0.25, 0.3) is 5.91 Å². The summed E-state index contributed by atoms with van der Waals surface area (Å²) in [4.78, 5) is 16.8. The molecule has 0 saturated carbocycles. The third kappa shape index (κ3) is 6.40. The van der Waals surface area contributed by atoms with Crippen LogP contribution in [-0.2, 0) is 19.7 Å². The number of amides is 1. The van der Waals surface area contributed by atoms with E-state index in [9.17, 15) is 21.6 Å². The van der Waals surface area contributed by atoms with Crippen molar-refractivity contribution in [3.63, 3.8) is 0 Å². The zero-order chi connectivity index (χ0) is 32.1. The summed E-state index contributed by atoms with van der Waals surface area (Å²) in [7, 11) is -3.98. The van der Waals surface area contributed by atoms with E-state index in [1.165, 1.54) is 38.1 Å². The Hall–Kier alpha value is -4.43. The summed E-state index contributed by atoms with van der Waals surface area (Å²) < 4.78 is 72.1. The molecule has 0 fully saturated rings. The molecule has 4 aromatic rings. The Kier molecular flexibility index (Phi) is 9.95. The Balaban J connectivity index is 1.92. The van der Waals surface area contributed by atoms with Crippen LogP contribution in [0, 0.1) is 0 Å². The molecule has 0 saturated heterocycles. The number of aromatic nitrogens is 2. The first-order valence-electron chi connectivity index (χ1n) is 13.7. The van der Waals surface area contributed by atoms with Crippen molar-refractivity contribution in [1.82, 2.24) is 14.8 Å². The van der Waals surface area contributed by atoms with Gasteiger partial charge in [-0.3, -0.25) is 9.78 Å². The predicted octanol–water partition coefficient (Wildman–Crippen LogP) is 4.16. The first-order valence-corrected chi connectivity index (χ1v) is 17.0. The number of sulfone groups is 2. The zero-order valence-electron chi connectivity index (χ0n) is 25.0. The molecule has 14 heteroatoms. The van der Waals surface area contributed by atoms with Crippen molar-refractivity contribution in [3.8, 4) is 28.4 Å². The van der Waals surface area contributed by atoms with Gasteiger partial charge in [0.05, 0.1) is 44.6 Å². The highest BCUT2D eigenvalue weighted by molar-refractivity contribution is 7.94. The van der Waals surface area contributed by atoms with Crippen LogP contribution in [0.4, 0.5) is 0 Å². The molecule has 0 spiro atoms. The number of benzene rings is 1. The Morgan fingerprint density at radius 3 is 2.00 bits per heavy atom. The number of pyridine rings is 2. The molecule has 3 aromatic heterocycles. The quantitative estimate of drug-likeness (QED) is 0.167. The van der Waals surface area contributed by atoms with Crippen LogP contribution >= 0.6 is 0 Å². The average molecular weight is 643 g/mol. The fourth-order valence-electron chi connectivity index (χ4n) is 4.86. The molecule has 1 N–H and O–H groups in total. The van der Waals surface area contributed by atoms with Crippen LogP contribution in [-0.4, -0.2) is 71.2 Å². The normalized spacial score (nSPS) is 12.0. The number of carbonyl (C=O) groups excluding carboxylic acids is 1. The second-order valence-electron chi connectivity index (χ2n) is 9.71. The number of ether oxygens (including phenoxy) is 3. The largest absolute Gasteiger partial charge is 0.493 e. The van der Waals surface area contributed by atoms with E-state index in [1.54, 1.807) is 62.6 Å². The Morgan fingerprint density at radius 1 is 0.864 bits per heavy atom. The van der Waals surface area contributed by atoms with Gasteiger partial charge in [0.15, 0.2) is 31.2 Å². The van der Waals surface area contributed by atoms with Crippen molar-refractivity contribution < 1.29 is 35.8 Å². The summed E-state index contributed by atoms with van der Waals surface area (Å²) in [5.74, 6) is -0.477. The number of hydrazone groups is 1. The Bertz CT molecular complexity index is 1890. The molecule has 0 bridgehead atoms. The summed E-state index contributed by atoms with van der Waals surface area (Å²) in [6.07, 6.45) is 6.44. The first kappa shape index (κ1) is 32.5. The number of hydrogen-bond donors (Lipinski definition) is 1. The third-order valence-corrected chi connectivity index (χ3v) is 10.8. The van der Waals surface area contributed by atoms with Gasteiger partial charge in [0.2, 0.25) is 5.75 Å². The van der Waals surface area contributed by atoms with Gasteiger partial charge in [-0.05, 0) is 60.4 Å². The van der Waals surface area contributed by atoms with Crippen molar-refractivity contribution in [1.29, 1.82) is 0 Å². The van der Waals surface area contributed by atoms with Crippen molar-refractivity contribution >= 4 is 37.3 Å². The van der Waals surface area contributed by atoms with Gasteiger partial charge in [0, 0.05) is 24.2 Å². The molecule has 0 radical (unpaired) electrons. The van der Waals surface area contributed by atoms with Gasteiger partial charge >= 0.3 is 0 Å². The van der Waals surface area contributed by atoms with E-state index >= 15 is 0 Å². The van der Waals surface area contributed by atoms with E-state index in [0.29, 0.717) is 28.4 Å². The molecule has 4 rings (SSSR count). The van der Waals surface area contributed by atoms with Gasteiger partial charge in [-0.15, -0.1) is 0 Å². The van der Waals surface area contributed by atoms with Crippen molar-refractivity contribution in [2.45, 2.75) is 36.5 Å². The summed E-state index contributed by atoms with van der Waals surface area (Å²) in [5, 5.41) is 4.03. The van der Waals surface area contributed by atoms with Gasteiger partial charge in [-0.2, -0.15) is 5.10 Å². The fraction of sp³-hybridized carbons (Fsp3) is 0.300. The maximum atomic E-state index is 13.7. The van der Waals surface area contributed by atoms with Crippen molar-refractivity contribution in [2.24, 2.45) is 5.10 Å². The van der Waals surface area contributed by atoms with E-state index in [-0.39, 0.29) is 35.6 Å². The number of rotatable bonds is 13. The second kappa shape index (κ2) is 13.5. The SMILES string of the molecule is CCCS(=O)(=O)c1c(S(=O)(=O)CCC)c2cc(-c3ccncc3)ccn2c1C(=O)N/N=C/c1cc(OC)c(OC)c(OC)c1. The highest BCUT2D eigenvalue weighted by Crippen LogP contribution is 2.38. The summed E-state index contributed by atoms with van der Waals surface area (Å²) >= 11 is 0. The molecule has 44 heavy (non-hydrogen) atoms. The smallest absolute Gasteiger partial charge is 0.289 e. The molecule has 3 heterocycles. The molecule has 1 amide bonds. The maximum absolute atomic E-state index is 13.7. The summed E-state index contributed by atoms with van der Waals surface area (Å²) in [6, 6.07) is 9.95. The van der Waals surface area contributed by atoms with Gasteiger partial charge in [-0.25, -0.2) is 22.3 Å². The average Bonchev–Trinajstić information content (AvgIpc) is 3.37. The van der Waals surface area contributed by atoms with Crippen LogP contribution in [0.5, 0.6) is 17.2 Å². The van der Waals surface area contributed by atoms with Crippen LogP contribution in [0.15, 0.2) is 69.9 Å². The standard InChI is InChI=1S/C30H34N4O8S2/c1-6-14-43(36,37)28-23-18-22(21-8-11-31-12-9-21)10-13-34(23)26(29(28)44(38,39)15-7-2)30(35)33-32-19-20-16-24(40-3)27(42-5)25(17-20)41-4/h8-13,16-19H,6-7,14-15H2,1-5H3,(H,33,35)/b32-19+. The lowest BCUT2D eigenvalue weighted by Crippen LogP contribution is -2.23. The zero-order valence-corrected chi connectivity index (χ0v) is 26.7. The molecule has 12 nitrogen and oxygen atoms in total. The molecule has 1 aromatic carbocycles. The minimum Gasteiger partial charge on any atom is -0.493 e. The van der Waals surface area contributed by atoms with E-state index in [2.05, 4.69) is 15.5 Å². The molecular formula is C30H34N4O8S2. The van der Waals surface area contributed by atoms with Crippen LogP contribution in [0.25, 0.3) is 16.6 Å². The minimum absolute atomic E-state index is 0.0706. The summed E-state index contributed by atoms with van der Waals surface area (Å²) in [5.41, 5.74) is 3.92. The van der Waals surface area contributed by atoms with E-state index in [0.717, 1.165) is 5.56 Å². The summed E-state index contributed by atoms with van der Waals surface area (Å²) in [6.45, 7) is 3.35. The van der Waals surface area contributed by atoms with Crippen molar-refractivity contribution in [3.05, 3.63) is 66.2 Å². The number of methoxy groups -OCH3 is 3. The molecule has 0 atom stereocenters. The second-order valence-corrected chi connectivity index (χ2v) is 13.8. The number of carbonyl (C=O) groups is 1. The van der Waals surface area contributed by atoms with E-state index < -0.39 is 35.4 Å². The number of hydrogen-bond acceptors (Lipinski definition) is 10. The van der Waals surface area contributed by atoms with Gasteiger partial charge in [-0.1, -0.05) is 13.8 Å². The molecule has 0 aliphatic heterocycles. The number of nitrogens with one attached hydrogen (secondary N) is 1. The molecule has 0 unspecified atom stereocenters. The fourth-order valence-corrected chi connectivity index (χ4v) is 8.84. The Morgan fingerprint density at radius 2 is 1.45 bits per heavy atom. The topological polar surface area (TPSA) is 155 Å². The monoisotopic (exact) mass is 642 g/mol. The van der Waals surface area contributed by atoms with Gasteiger partial charge in [0.1, 0.15) is 15.5 Å². The van der Waals surface area contributed by atoms with Gasteiger partial charge < -0.3 is 18.6 Å². The van der Waals surface area contributed by atoms with Crippen LogP contribution in [0.3, 0.4) is 0 Å². The van der Waals surface area contributed by atoms with E-state index in [1.807, 2.05) is 0 Å². The predicted molar refractivity (Wildman–Crippen MR) is 166 cm³/mol. The molecule has 0 aliphatic rings. The van der Waals surface area contributed by atoms with Crippen LogP contribution in [0.2, 0.25) is 0 Å². The lowest BCUT2D eigenvalue weighted by molar-refractivity contribution is 0.0945. The maximum Gasteiger partial charge on any atom is 0.289 e. The molecular weight excluding hydrogens is 608 g/mol. The molecule has 234 valence electrons. The van der Waals surface area contributed by atoms with E-state index in [4.69, 9.17) is 14.2 Å².